The molecule has 0 saturated carbocycles. The van der Waals surface area contributed by atoms with E-state index in [1.807, 2.05) is 37.5 Å². The Hall–Kier alpha value is -1.38. The number of likely N-dealkylation sites (N-methyl/N-ethyl adjacent to an activating group) is 1. The molecule has 1 unspecified atom stereocenters. The summed E-state index contributed by atoms with van der Waals surface area (Å²) in [6.07, 6.45) is 2.70. The van der Waals surface area contributed by atoms with Gasteiger partial charge in [0.2, 0.25) is 0 Å². The Balaban J connectivity index is 2.23. The van der Waals surface area contributed by atoms with E-state index in [1.165, 1.54) is 11.1 Å². The number of aryl methyl sites for hydroxylation is 1. The van der Waals surface area contributed by atoms with Crippen molar-refractivity contribution in [1.82, 2.24) is 10.3 Å². The van der Waals surface area contributed by atoms with E-state index in [4.69, 9.17) is 11.6 Å². The first-order chi connectivity index (χ1) is 8.70. The first-order valence-electron chi connectivity index (χ1n) is 6.04. The fraction of sp³-hybridized carbons (Fsp3) is 0.267. The summed E-state index contributed by atoms with van der Waals surface area (Å²) in [5, 5.41) is 4.13. The normalized spacial score (nSPS) is 12.4. The summed E-state index contributed by atoms with van der Waals surface area (Å²) >= 11 is 5.99. The Bertz CT molecular complexity index is 511. The van der Waals surface area contributed by atoms with E-state index in [0.29, 0.717) is 0 Å². The van der Waals surface area contributed by atoms with Crippen molar-refractivity contribution in [2.45, 2.75) is 19.4 Å². The van der Waals surface area contributed by atoms with E-state index in [2.05, 4.69) is 29.4 Å². The van der Waals surface area contributed by atoms with Crippen molar-refractivity contribution in [3.8, 4) is 0 Å². The van der Waals surface area contributed by atoms with E-state index >= 15 is 0 Å². The molecule has 2 nitrogen and oxygen atoms in total. The predicted octanol–water partition coefficient (Wildman–Crippen LogP) is 3.55. The van der Waals surface area contributed by atoms with Gasteiger partial charge in [-0.25, -0.2) is 0 Å². The summed E-state index contributed by atoms with van der Waals surface area (Å²) in [4.78, 5) is 4.37. The van der Waals surface area contributed by atoms with Crippen molar-refractivity contribution < 1.29 is 0 Å². The second-order valence-electron chi connectivity index (χ2n) is 4.37. The number of hydrogen-bond acceptors (Lipinski definition) is 2. The molecule has 0 saturated heterocycles. The maximum absolute atomic E-state index is 5.99. The number of halogens is 1. The summed E-state index contributed by atoms with van der Waals surface area (Å²) in [6.45, 7) is 2.09. The maximum atomic E-state index is 5.99. The SMILES string of the molecule is CNC(Cc1ccccn1)c1ccc(Cl)cc1C. The average Bonchev–Trinajstić information content (AvgIpc) is 2.38. The van der Waals surface area contributed by atoms with E-state index in [0.717, 1.165) is 17.1 Å². The minimum absolute atomic E-state index is 0.261. The third-order valence-corrected chi connectivity index (χ3v) is 3.33. The van der Waals surface area contributed by atoms with Crippen LogP contribution in [0.15, 0.2) is 42.6 Å². The van der Waals surface area contributed by atoms with E-state index in [1.54, 1.807) is 0 Å². The molecule has 18 heavy (non-hydrogen) atoms. The predicted molar refractivity (Wildman–Crippen MR) is 75.9 cm³/mol. The van der Waals surface area contributed by atoms with Crippen molar-refractivity contribution in [2.75, 3.05) is 7.05 Å². The van der Waals surface area contributed by atoms with Gasteiger partial charge >= 0.3 is 0 Å². The summed E-state index contributed by atoms with van der Waals surface area (Å²) in [7, 11) is 1.97. The number of nitrogens with one attached hydrogen (secondary N) is 1. The minimum Gasteiger partial charge on any atom is -0.313 e. The first kappa shape index (κ1) is 13.1. The molecule has 1 aromatic heterocycles. The Labute approximate surface area is 113 Å². The molecule has 0 aliphatic carbocycles. The molecule has 94 valence electrons. The van der Waals surface area contributed by atoms with Gasteiger partial charge in [0, 0.05) is 29.4 Å². The van der Waals surface area contributed by atoms with Gasteiger partial charge in [0.25, 0.3) is 0 Å². The molecule has 1 atom stereocenters. The average molecular weight is 261 g/mol. The number of pyridine rings is 1. The third kappa shape index (κ3) is 3.09. The fourth-order valence-electron chi connectivity index (χ4n) is 2.13. The molecule has 0 amide bonds. The zero-order chi connectivity index (χ0) is 13.0. The molecule has 1 heterocycles. The van der Waals surface area contributed by atoms with Crippen LogP contribution in [0, 0.1) is 6.92 Å². The first-order valence-corrected chi connectivity index (χ1v) is 6.41. The van der Waals surface area contributed by atoms with Gasteiger partial charge in [0.1, 0.15) is 0 Å². The molecule has 2 aromatic rings. The lowest BCUT2D eigenvalue weighted by molar-refractivity contribution is 0.581. The second-order valence-corrected chi connectivity index (χ2v) is 4.80. The highest BCUT2D eigenvalue weighted by molar-refractivity contribution is 6.30. The lowest BCUT2D eigenvalue weighted by Crippen LogP contribution is -2.20. The van der Waals surface area contributed by atoms with E-state index in [-0.39, 0.29) is 6.04 Å². The topological polar surface area (TPSA) is 24.9 Å². The zero-order valence-electron chi connectivity index (χ0n) is 10.7. The molecule has 3 heteroatoms. The number of rotatable bonds is 4. The van der Waals surface area contributed by atoms with Gasteiger partial charge in [-0.3, -0.25) is 4.98 Å². The van der Waals surface area contributed by atoms with Gasteiger partial charge in [-0.15, -0.1) is 0 Å². The van der Waals surface area contributed by atoms with Gasteiger partial charge in [0.05, 0.1) is 0 Å². The van der Waals surface area contributed by atoms with Gasteiger partial charge in [-0.05, 0) is 49.4 Å². The van der Waals surface area contributed by atoms with Crippen LogP contribution in [-0.4, -0.2) is 12.0 Å². The highest BCUT2D eigenvalue weighted by Crippen LogP contribution is 2.23. The monoisotopic (exact) mass is 260 g/mol. The van der Waals surface area contributed by atoms with Crippen LogP contribution in [0.25, 0.3) is 0 Å². The zero-order valence-corrected chi connectivity index (χ0v) is 11.4. The molecule has 0 aliphatic heterocycles. The number of aromatic nitrogens is 1. The van der Waals surface area contributed by atoms with E-state index in [9.17, 15) is 0 Å². The van der Waals surface area contributed by atoms with E-state index < -0.39 is 0 Å². The molecule has 0 aliphatic rings. The molecule has 1 N–H and O–H groups in total. The number of benzene rings is 1. The summed E-state index contributed by atoms with van der Waals surface area (Å²) < 4.78 is 0. The Morgan fingerprint density at radius 1 is 1.28 bits per heavy atom. The molecular formula is C15H17ClN2. The van der Waals surface area contributed by atoms with Crippen molar-refractivity contribution >= 4 is 11.6 Å². The van der Waals surface area contributed by atoms with Crippen LogP contribution in [0.4, 0.5) is 0 Å². The fourth-order valence-corrected chi connectivity index (χ4v) is 2.35. The molecule has 2 rings (SSSR count). The molecule has 0 radical (unpaired) electrons. The van der Waals surface area contributed by atoms with Crippen molar-refractivity contribution in [2.24, 2.45) is 0 Å². The highest BCUT2D eigenvalue weighted by atomic mass is 35.5. The van der Waals surface area contributed by atoms with Gasteiger partial charge in [-0.1, -0.05) is 23.7 Å². The molecule has 0 bridgehead atoms. The summed E-state index contributed by atoms with van der Waals surface area (Å²) in [5.41, 5.74) is 3.57. The van der Waals surface area contributed by atoms with Crippen LogP contribution in [0.5, 0.6) is 0 Å². The van der Waals surface area contributed by atoms with Crippen LogP contribution in [0.1, 0.15) is 22.9 Å². The molecule has 1 aromatic carbocycles. The van der Waals surface area contributed by atoms with Crippen molar-refractivity contribution in [3.63, 3.8) is 0 Å². The van der Waals surface area contributed by atoms with Crippen LogP contribution in [0.2, 0.25) is 5.02 Å². The quantitative estimate of drug-likeness (QED) is 0.910. The lowest BCUT2D eigenvalue weighted by Gasteiger charge is -2.18. The largest absolute Gasteiger partial charge is 0.313 e. The second kappa shape index (κ2) is 5.98. The Morgan fingerprint density at radius 2 is 2.11 bits per heavy atom. The maximum Gasteiger partial charge on any atom is 0.0422 e. The van der Waals surface area contributed by atoms with Gasteiger partial charge in [-0.2, -0.15) is 0 Å². The Morgan fingerprint density at radius 3 is 2.72 bits per heavy atom. The standard InChI is InChI=1S/C15H17ClN2/c1-11-9-12(16)6-7-14(11)15(17-2)10-13-5-3-4-8-18-13/h3-9,15,17H,10H2,1-2H3. The number of nitrogens with zero attached hydrogens (tertiary/aromatic N) is 1. The van der Waals surface area contributed by atoms with Crippen LogP contribution >= 0.6 is 11.6 Å². The number of hydrogen-bond donors (Lipinski definition) is 1. The smallest absolute Gasteiger partial charge is 0.0422 e. The van der Waals surface area contributed by atoms with Crippen molar-refractivity contribution in [3.05, 3.63) is 64.4 Å². The minimum atomic E-state index is 0.261. The Kier molecular flexibility index (Phi) is 4.34. The summed E-state index contributed by atoms with van der Waals surface area (Å²) in [5.74, 6) is 0. The van der Waals surface area contributed by atoms with Crippen molar-refractivity contribution in [1.29, 1.82) is 0 Å². The molecular weight excluding hydrogens is 244 g/mol. The van der Waals surface area contributed by atoms with Gasteiger partial charge in [0.15, 0.2) is 0 Å². The molecule has 0 fully saturated rings. The highest BCUT2D eigenvalue weighted by Gasteiger charge is 2.13. The van der Waals surface area contributed by atoms with Crippen LogP contribution in [0.3, 0.4) is 0 Å². The third-order valence-electron chi connectivity index (χ3n) is 3.10. The molecule has 0 spiro atoms. The van der Waals surface area contributed by atoms with Gasteiger partial charge < -0.3 is 5.32 Å². The van der Waals surface area contributed by atoms with Crippen LogP contribution < -0.4 is 5.32 Å². The summed E-state index contributed by atoms with van der Waals surface area (Å²) in [6, 6.07) is 12.3. The van der Waals surface area contributed by atoms with Crippen LogP contribution in [-0.2, 0) is 6.42 Å². The lowest BCUT2D eigenvalue weighted by atomic mass is 9.97.